The minimum absolute atomic E-state index is 0.0743. The van der Waals surface area contributed by atoms with Crippen molar-refractivity contribution in [2.45, 2.75) is 57.5 Å². The second-order valence-corrected chi connectivity index (χ2v) is 11.8. The maximum absolute atomic E-state index is 13.1. The fourth-order valence-electron chi connectivity index (χ4n) is 7.89. The van der Waals surface area contributed by atoms with E-state index in [0.29, 0.717) is 48.5 Å². The lowest BCUT2D eigenvalue weighted by Gasteiger charge is -2.35. The van der Waals surface area contributed by atoms with Gasteiger partial charge in [0.25, 0.3) is 5.91 Å². The lowest BCUT2D eigenvalue weighted by atomic mass is 9.69. The molecule has 2 amide bonds. The van der Waals surface area contributed by atoms with Crippen molar-refractivity contribution in [1.29, 1.82) is 0 Å². The number of β-amino-alcohol motifs (C(OH)–C–C–N with tert-alkyl or cyclic N) is 1. The molecule has 1 spiro atoms. The van der Waals surface area contributed by atoms with Crippen molar-refractivity contribution >= 4 is 23.3 Å². The topological polar surface area (TPSA) is 86.9 Å². The molecular weight excluding hydrogens is 404 g/mol. The molecule has 32 heavy (non-hydrogen) atoms. The molecule has 1 aliphatic heterocycles. The Balaban J connectivity index is 1.10. The molecule has 4 aliphatic carbocycles. The summed E-state index contributed by atoms with van der Waals surface area (Å²) in [6, 6.07) is 5.57. The molecule has 6 atom stereocenters. The van der Waals surface area contributed by atoms with Gasteiger partial charge in [-0.1, -0.05) is 6.07 Å². The van der Waals surface area contributed by atoms with E-state index in [4.69, 9.17) is 0 Å². The Labute approximate surface area is 187 Å². The Bertz CT molecular complexity index is 1170. The standard InChI is InChI=1S/C25H30N4O3/c1-23(32)5-6-28(14-23)22(31)18-12-29-19(26-18)3-2-4-20(29)27-21(30)11-24-8-15-7-17(15)25(13-24)10-16(25)9-24/h2-4,12,15-17,32H,5-11,13-14H2,1H3,(H,27,30)/t15?,16?,17?,23?,24?,25-/m0/s1. The summed E-state index contributed by atoms with van der Waals surface area (Å²) < 4.78 is 1.79. The summed E-state index contributed by atoms with van der Waals surface area (Å²) in [5, 5.41) is 13.3. The fourth-order valence-corrected chi connectivity index (χ4v) is 7.89. The molecule has 7 heteroatoms. The average molecular weight is 435 g/mol. The van der Waals surface area contributed by atoms with Crippen LogP contribution >= 0.6 is 0 Å². The molecule has 5 unspecified atom stereocenters. The quantitative estimate of drug-likeness (QED) is 0.774. The first-order valence-corrected chi connectivity index (χ1v) is 12.1. The Kier molecular flexibility index (Phi) is 3.54. The van der Waals surface area contributed by atoms with Gasteiger partial charge in [0.2, 0.25) is 5.91 Å². The number of aliphatic hydroxyl groups is 1. The normalized spacial score (nSPS) is 40.8. The minimum Gasteiger partial charge on any atom is -0.388 e. The van der Waals surface area contributed by atoms with Gasteiger partial charge in [-0.05, 0) is 86.2 Å². The maximum atomic E-state index is 13.1. The highest BCUT2D eigenvalue weighted by Crippen LogP contribution is 2.84. The van der Waals surface area contributed by atoms with Gasteiger partial charge in [0.15, 0.2) is 0 Å². The van der Waals surface area contributed by atoms with Gasteiger partial charge in [0.05, 0.1) is 5.60 Å². The Morgan fingerprint density at radius 2 is 2.16 bits per heavy atom. The van der Waals surface area contributed by atoms with Crippen molar-refractivity contribution in [3.05, 3.63) is 30.1 Å². The summed E-state index contributed by atoms with van der Waals surface area (Å²) in [5.41, 5.74) is 0.958. The lowest BCUT2D eigenvalue weighted by Crippen LogP contribution is -2.34. The van der Waals surface area contributed by atoms with Crippen LogP contribution < -0.4 is 5.32 Å². The summed E-state index contributed by atoms with van der Waals surface area (Å²) >= 11 is 0. The monoisotopic (exact) mass is 434 g/mol. The molecule has 5 fully saturated rings. The summed E-state index contributed by atoms with van der Waals surface area (Å²) in [6.45, 7) is 2.59. The van der Waals surface area contributed by atoms with E-state index in [1.807, 2.05) is 18.2 Å². The molecule has 0 radical (unpaired) electrons. The van der Waals surface area contributed by atoms with Gasteiger partial charge in [-0.3, -0.25) is 14.0 Å². The van der Waals surface area contributed by atoms with Gasteiger partial charge < -0.3 is 15.3 Å². The van der Waals surface area contributed by atoms with E-state index in [0.717, 1.165) is 17.8 Å². The number of likely N-dealkylation sites (tertiary alicyclic amines) is 1. The van der Waals surface area contributed by atoms with Crippen LogP contribution in [-0.4, -0.2) is 49.9 Å². The highest BCUT2D eigenvalue weighted by Gasteiger charge is 2.76. The number of hydrogen-bond acceptors (Lipinski definition) is 4. The van der Waals surface area contributed by atoms with Crippen LogP contribution in [-0.2, 0) is 4.79 Å². The van der Waals surface area contributed by atoms with E-state index in [1.54, 1.807) is 22.4 Å². The number of carbonyl (C=O) groups excluding carboxylic acids is 2. The molecule has 1 saturated heterocycles. The van der Waals surface area contributed by atoms with Gasteiger partial charge in [-0.25, -0.2) is 4.98 Å². The summed E-state index contributed by atoms with van der Waals surface area (Å²) in [5.74, 6) is 3.28. The minimum atomic E-state index is -0.841. The van der Waals surface area contributed by atoms with Crippen LogP contribution in [0.5, 0.6) is 0 Å². The number of nitrogens with zero attached hydrogens (tertiary/aromatic N) is 3. The van der Waals surface area contributed by atoms with Crippen LogP contribution in [0.3, 0.4) is 0 Å². The van der Waals surface area contributed by atoms with Crippen molar-refractivity contribution in [2.75, 3.05) is 18.4 Å². The number of hydrogen-bond donors (Lipinski definition) is 2. The summed E-state index contributed by atoms with van der Waals surface area (Å²) in [7, 11) is 0. The van der Waals surface area contributed by atoms with Gasteiger partial charge >= 0.3 is 0 Å². The number of anilines is 1. The molecule has 7 nitrogen and oxygen atoms in total. The second-order valence-electron chi connectivity index (χ2n) is 11.8. The number of fused-ring (bicyclic) bond motifs is 3. The Morgan fingerprint density at radius 3 is 2.97 bits per heavy atom. The third kappa shape index (κ3) is 2.73. The smallest absolute Gasteiger partial charge is 0.274 e. The largest absolute Gasteiger partial charge is 0.388 e. The number of nitrogens with one attached hydrogen (secondary N) is 1. The van der Waals surface area contributed by atoms with Crippen molar-refractivity contribution in [3.63, 3.8) is 0 Å². The first-order valence-electron chi connectivity index (χ1n) is 12.1. The van der Waals surface area contributed by atoms with Crippen LogP contribution in [0.4, 0.5) is 5.82 Å². The van der Waals surface area contributed by atoms with Gasteiger partial charge in [0, 0.05) is 25.7 Å². The maximum Gasteiger partial charge on any atom is 0.274 e. The molecule has 2 N–H and O–H groups in total. The first-order chi connectivity index (χ1) is 15.3. The molecule has 5 aliphatic rings. The van der Waals surface area contributed by atoms with Gasteiger partial charge in [0.1, 0.15) is 17.2 Å². The van der Waals surface area contributed by atoms with E-state index < -0.39 is 5.60 Å². The molecule has 0 aromatic carbocycles. The van der Waals surface area contributed by atoms with Crippen LogP contribution in [0.25, 0.3) is 5.65 Å². The second kappa shape index (κ2) is 5.93. The summed E-state index contributed by atoms with van der Waals surface area (Å²) in [4.78, 5) is 32.2. The molecule has 2 bridgehead atoms. The van der Waals surface area contributed by atoms with Crippen LogP contribution in [0.2, 0.25) is 0 Å². The zero-order valence-electron chi connectivity index (χ0n) is 18.5. The molecule has 4 saturated carbocycles. The van der Waals surface area contributed by atoms with Gasteiger partial charge in [-0.15, -0.1) is 0 Å². The molecular formula is C25H30N4O3. The Morgan fingerprint density at radius 1 is 1.28 bits per heavy atom. The fraction of sp³-hybridized carbons (Fsp3) is 0.640. The third-order valence-electron chi connectivity index (χ3n) is 9.27. The third-order valence-corrected chi connectivity index (χ3v) is 9.27. The molecule has 2 aromatic heterocycles. The molecule has 168 valence electrons. The highest BCUT2D eigenvalue weighted by molar-refractivity contribution is 5.94. The molecule has 3 heterocycles. The predicted octanol–water partition coefficient (Wildman–Crippen LogP) is 3.09. The van der Waals surface area contributed by atoms with E-state index in [1.165, 1.54) is 32.1 Å². The Hall–Kier alpha value is -2.41. The zero-order chi connectivity index (χ0) is 21.9. The number of rotatable bonds is 4. The predicted molar refractivity (Wildman–Crippen MR) is 118 cm³/mol. The number of aromatic nitrogens is 2. The van der Waals surface area contributed by atoms with Crippen LogP contribution in [0, 0.1) is 28.6 Å². The van der Waals surface area contributed by atoms with Gasteiger partial charge in [-0.2, -0.15) is 0 Å². The van der Waals surface area contributed by atoms with E-state index in [-0.39, 0.29) is 17.2 Å². The zero-order valence-corrected chi connectivity index (χ0v) is 18.5. The number of imidazole rings is 1. The molecule has 2 aromatic rings. The molecule has 7 rings (SSSR count). The number of carbonyl (C=O) groups is 2. The van der Waals surface area contributed by atoms with Crippen molar-refractivity contribution in [1.82, 2.24) is 14.3 Å². The van der Waals surface area contributed by atoms with Crippen molar-refractivity contribution < 1.29 is 14.7 Å². The van der Waals surface area contributed by atoms with Crippen LogP contribution in [0.1, 0.15) is 62.4 Å². The lowest BCUT2D eigenvalue weighted by molar-refractivity contribution is -0.119. The number of amides is 2. The SMILES string of the molecule is CC1(O)CCN(C(=O)c2cn3c(NC(=O)CC45CC6CC6[C@@]6(CC6C4)C5)cccc3n2)C1. The van der Waals surface area contributed by atoms with E-state index in [9.17, 15) is 14.7 Å². The average Bonchev–Trinajstić information content (AvgIpc) is 3.48. The van der Waals surface area contributed by atoms with Crippen LogP contribution in [0.15, 0.2) is 24.4 Å². The van der Waals surface area contributed by atoms with Crippen molar-refractivity contribution in [2.24, 2.45) is 28.6 Å². The first kappa shape index (κ1) is 19.1. The summed E-state index contributed by atoms with van der Waals surface area (Å²) in [6.07, 6.45) is 9.41. The number of pyridine rings is 1. The van der Waals surface area contributed by atoms with E-state index in [2.05, 4.69) is 10.3 Å². The van der Waals surface area contributed by atoms with Crippen molar-refractivity contribution in [3.8, 4) is 0 Å². The highest BCUT2D eigenvalue weighted by atomic mass is 16.3. The van der Waals surface area contributed by atoms with E-state index >= 15 is 0 Å².